The Kier molecular flexibility index (Phi) is 8.06. The molecule has 1 aliphatic heterocycles. The molecule has 180 valence electrons. The van der Waals surface area contributed by atoms with Crippen molar-refractivity contribution in [3.05, 3.63) is 92.8 Å². The average Bonchev–Trinajstić information content (AvgIpc) is 3.13. The number of halogens is 2. The van der Waals surface area contributed by atoms with E-state index in [2.05, 4.69) is 18.7 Å². The highest BCUT2D eigenvalue weighted by Crippen LogP contribution is 2.38. The number of rotatable bonds is 8. The van der Waals surface area contributed by atoms with Gasteiger partial charge in [0.1, 0.15) is 12.4 Å². The van der Waals surface area contributed by atoms with Gasteiger partial charge in [0.15, 0.2) is 0 Å². The van der Waals surface area contributed by atoms with Gasteiger partial charge in [-0.05, 0) is 68.1 Å². The molecule has 1 aliphatic rings. The number of nitrogens with zero attached hydrogens (tertiary/aromatic N) is 2. The van der Waals surface area contributed by atoms with Crippen molar-refractivity contribution in [3.8, 4) is 5.75 Å². The normalized spacial score (nSPS) is 14.6. The topological polar surface area (TPSA) is 49.9 Å². The Hall–Kier alpha value is -2.93. The van der Waals surface area contributed by atoms with E-state index in [-0.39, 0.29) is 17.8 Å². The number of imide groups is 1. The van der Waals surface area contributed by atoms with Gasteiger partial charge in [-0.3, -0.25) is 9.59 Å². The first-order chi connectivity index (χ1) is 16.9. The van der Waals surface area contributed by atoms with E-state index in [4.69, 9.17) is 27.9 Å². The standard InChI is InChI=1S/C27H24Cl2N2O3S/c1-3-30(4-2)22-13-11-18(24(16-22)34-17-19-10-12-20(28)15-23(19)29)14-25-26(32)31(27(33)35-25)21-8-6-5-7-9-21/h5-16H,3-4,17H2,1-2H3/b25-14-. The van der Waals surface area contributed by atoms with Gasteiger partial charge in [-0.15, -0.1) is 0 Å². The molecule has 8 heteroatoms. The van der Waals surface area contributed by atoms with Crippen LogP contribution >= 0.6 is 35.0 Å². The first-order valence-corrected chi connectivity index (χ1v) is 12.8. The first-order valence-electron chi connectivity index (χ1n) is 11.2. The minimum atomic E-state index is -0.356. The number of anilines is 2. The molecule has 0 bridgehead atoms. The van der Waals surface area contributed by atoms with Crippen LogP contribution in [0.2, 0.25) is 10.0 Å². The van der Waals surface area contributed by atoms with Crippen molar-refractivity contribution < 1.29 is 14.3 Å². The maximum atomic E-state index is 13.1. The molecule has 0 aliphatic carbocycles. The molecule has 0 aromatic heterocycles. The minimum Gasteiger partial charge on any atom is -0.488 e. The summed E-state index contributed by atoms with van der Waals surface area (Å²) in [5.74, 6) is 0.234. The van der Waals surface area contributed by atoms with Crippen LogP contribution in [0.25, 0.3) is 6.08 Å². The van der Waals surface area contributed by atoms with Crippen LogP contribution < -0.4 is 14.5 Å². The SMILES string of the molecule is CCN(CC)c1ccc(/C=C2\SC(=O)N(c3ccccc3)C2=O)c(OCc2ccc(Cl)cc2Cl)c1. The van der Waals surface area contributed by atoms with E-state index in [0.717, 1.165) is 36.1 Å². The lowest BCUT2D eigenvalue weighted by Gasteiger charge is -2.22. The van der Waals surface area contributed by atoms with E-state index >= 15 is 0 Å². The van der Waals surface area contributed by atoms with Crippen molar-refractivity contribution in [2.75, 3.05) is 22.9 Å². The average molecular weight is 527 g/mol. The largest absolute Gasteiger partial charge is 0.488 e. The smallest absolute Gasteiger partial charge is 0.298 e. The Morgan fingerprint density at radius 2 is 1.71 bits per heavy atom. The molecule has 0 spiro atoms. The number of carbonyl (C=O) groups excluding carboxylic acids is 2. The summed E-state index contributed by atoms with van der Waals surface area (Å²) < 4.78 is 6.19. The molecule has 0 unspecified atom stereocenters. The van der Waals surface area contributed by atoms with Crippen molar-refractivity contribution in [2.45, 2.75) is 20.5 Å². The van der Waals surface area contributed by atoms with Gasteiger partial charge in [0.05, 0.1) is 10.6 Å². The lowest BCUT2D eigenvalue weighted by molar-refractivity contribution is -0.113. The quantitative estimate of drug-likeness (QED) is 0.282. The first kappa shape index (κ1) is 25.2. The monoisotopic (exact) mass is 526 g/mol. The Labute approximate surface area is 219 Å². The summed E-state index contributed by atoms with van der Waals surface area (Å²) >= 11 is 13.3. The van der Waals surface area contributed by atoms with Crippen LogP contribution in [-0.4, -0.2) is 24.2 Å². The van der Waals surface area contributed by atoms with Gasteiger partial charge in [0.25, 0.3) is 11.1 Å². The number of hydrogen-bond acceptors (Lipinski definition) is 5. The molecule has 1 heterocycles. The van der Waals surface area contributed by atoms with Crippen LogP contribution in [0, 0.1) is 0 Å². The fraction of sp³-hybridized carbons (Fsp3) is 0.185. The fourth-order valence-electron chi connectivity index (χ4n) is 3.76. The van der Waals surface area contributed by atoms with Gasteiger partial charge in [-0.1, -0.05) is 47.5 Å². The van der Waals surface area contributed by atoms with Gasteiger partial charge in [-0.2, -0.15) is 0 Å². The molecule has 0 atom stereocenters. The van der Waals surface area contributed by atoms with Crippen LogP contribution in [0.5, 0.6) is 5.75 Å². The molecule has 0 N–H and O–H groups in total. The highest BCUT2D eigenvalue weighted by Gasteiger charge is 2.36. The second kappa shape index (κ2) is 11.2. The van der Waals surface area contributed by atoms with Crippen LogP contribution in [0.1, 0.15) is 25.0 Å². The van der Waals surface area contributed by atoms with E-state index in [0.29, 0.717) is 32.0 Å². The zero-order valence-corrected chi connectivity index (χ0v) is 21.7. The molecule has 3 aromatic carbocycles. The van der Waals surface area contributed by atoms with Crippen LogP contribution in [0.15, 0.2) is 71.6 Å². The zero-order chi connectivity index (χ0) is 24.9. The number of carbonyl (C=O) groups is 2. The Balaban J connectivity index is 1.67. The highest BCUT2D eigenvalue weighted by molar-refractivity contribution is 8.19. The summed E-state index contributed by atoms with van der Waals surface area (Å²) in [6.45, 7) is 6.09. The molecule has 35 heavy (non-hydrogen) atoms. The third kappa shape index (κ3) is 5.67. The molecule has 1 fully saturated rings. The molecule has 4 rings (SSSR count). The Morgan fingerprint density at radius 1 is 0.971 bits per heavy atom. The molecule has 1 saturated heterocycles. The lowest BCUT2D eigenvalue weighted by Crippen LogP contribution is -2.27. The second-order valence-electron chi connectivity index (χ2n) is 7.77. The van der Waals surface area contributed by atoms with Crippen molar-refractivity contribution in [1.29, 1.82) is 0 Å². The van der Waals surface area contributed by atoms with E-state index < -0.39 is 0 Å². The summed E-state index contributed by atoms with van der Waals surface area (Å²) in [4.78, 5) is 29.5. The number of para-hydroxylation sites is 1. The van der Waals surface area contributed by atoms with Gasteiger partial charge in [0.2, 0.25) is 0 Å². The second-order valence-corrected chi connectivity index (χ2v) is 9.61. The fourth-order valence-corrected chi connectivity index (χ4v) is 5.05. The zero-order valence-electron chi connectivity index (χ0n) is 19.3. The van der Waals surface area contributed by atoms with E-state index in [1.807, 2.05) is 30.3 Å². The van der Waals surface area contributed by atoms with Crippen molar-refractivity contribution >= 4 is 63.6 Å². The summed E-state index contributed by atoms with van der Waals surface area (Å²) in [6.07, 6.45) is 1.71. The number of ether oxygens (including phenoxy) is 1. The van der Waals surface area contributed by atoms with Gasteiger partial charge < -0.3 is 9.64 Å². The van der Waals surface area contributed by atoms with Crippen LogP contribution in [0.4, 0.5) is 16.2 Å². The van der Waals surface area contributed by atoms with Crippen molar-refractivity contribution in [2.24, 2.45) is 0 Å². The maximum Gasteiger partial charge on any atom is 0.298 e. The molecule has 0 saturated carbocycles. The molecule has 3 aromatic rings. The van der Waals surface area contributed by atoms with Crippen LogP contribution in [0.3, 0.4) is 0 Å². The highest BCUT2D eigenvalue weighted by atomic mass is 35.5. The van der Waals surface area contributed by atoms with Gasteiger partial charge >= 0.3 is 0 Å². The number of amides is 2. The lowest BCUT2D eigenvalue weighted by atomic mass is 10.1. The third-order valence-corrected chi connectivity index (χ3v) is 7.08. The number of thioether (sulfide) groups is 1. The predicted molar refractivity (Wildman–Crippen MR) is 146 cm³/mol. The molecule has 5 nitrogen and oxygen atoms in total. The summed E-state index contributed by atoms with van der Waals surface area (Å²) in [7, 11) is 0. The molecular formula is C27H24Cl2N2O3S. The Morgan fingerprint density at radius 3 is 2.40 bits per heavy atom. The van der Waals surface area contributed by atoms with E-state index in [1.54, 1.807) is 42.5 Å². The summed E-state index contributed by atoms with van der Waals surface area (Å²) in [6, 6.07) is 20.0. The van der Waals surface area contributed by atoms with Gasteiger partial charge in [-0.25, -0.2) is 4.90 Å². The molecule has 2 amide bonds. The van der Waals surface area contributed by atoms with Crippen molar-refractivity contribution in [3.63, 3.8) is 0 Å². The van der Waals surface area contributed by atoms with Crippen LogP contribution in [-0.2, 0) is 11.4 Å². The predicted octanol–water partition coefficient (Wildman–Crippen LogP) is 7.66. The summed E-state index contributed by atoms with van der Waals surface area (Å²) in [5, 5.41) is 0.739. The van der Waals surface area contributed by atoms with Crippen molar-refractivity contribution in [1.82, 2.24) is 0 Å². The Bertz CT molecular complexity index is 1280. The van der Waals surface area contributed by atoms with Gasteiger partial charge in [0, 0.05) is 46.0 Å². The third-order valence-electron chi connectivity index (χ3n) is 5.62. The summed E-state index contributed by atoms with van der Waals surface area (Å²) in [5.41, 5.74) is 3.04. The maximum absolute atomic E-state index is 13.1. The van der Waals surface area contributed by atoms with E-state index in [9.17, 15) is 9.59 Å². The number of hydrogen-bond donors (Lipinski definition) is 0. The van der Waals surface area contributed by atoms with E-state index in [1.165, 1.54) is 4.90 Å². The minimum absolute atomic E-state index is 0.226. The molecular weight excluding hydrogens is 503 g/mol. The number of benzene rings is 3. The molecule has 0 radical (unpaired) electrons.